The average molecular weight is 529 g/mol. The van der Waals surface area contributed by atoms with E-state index in [0.717, 1.165) is 0 Å². The SMILES string of the molecule is CC(C)CC(N)C(=O)O.CC(C)CC(N)C(=O)O.NC(CC(=O)O)C(=O)O.NC(CC(=O)O)C(=O)O. The van der Waals surface area contributed by atoms with Crippen molar-refractivity contribution >= 4 is 35.8 Å². The predicted octanol–water partition coefficient (Wildman–Crippen LogP) is -1.37. The van der Waals surface area contributed by atoms with Gasteiger partial charge in [0, 0.05) is 0 Å². The van der Waals surface area contributed by atoms with Crippen LogP contribution in [-0.4, -0.2) is 90.6 Å². The van der Waals surface area contributed by atoms with Crippen LogP contribution in [0, 0.1) is 11.8 Å². The quantitative estimate of drug-likeness (QED) is 0.140. The molecule has 16 nitrogen and oxygen atoms in total. The standard InChI is InChI=1S/2C6H13NO2.2C4H7NO4/c2*1-4(2)3-5(7)6(8)9;2*5-2(4(8)9)1-3(6)7/h2*4-5H,3,7H2,1-2H3,(H,8,9);2*2H,1,5H2,(H,6,7)(H,8,9). The van der Waals surface area contributed by atoms with Crippen molar-refractivity contribution in [2.75, 3.05) is 0 Å². The summed E-state index contributed by atoms with van der Waals surface area (Å²) in [5, 5.41) is 48.7. The number of carboxylic acid groups (broad SMARTS) is 6. The Morgan fingerprint density at radius 3 is 0.722 bits per heavy atom. The third kappa shape index (κ3) is 32.8. The van der Waals surface area contributed by atoms with Gasteiger partial charge in [-0.25, -0.2) is 0 Å². The summed E-state index contributed by atoms with van der Waals surface area (Å²) in [5.74, 6) is -6.11. The molecular formula is C20H40N4O12. The van der Waals surface area contributed by atoms with E-state index >= 15 is 0 Å². The molecule has 0 heterocycles. The highest BCUT2D eigenvalue weighted by Gasteiger charge is 2.15. The summed E-state index contributed by atoms with van der Waals surface area (Å²) >= 11 is 0. The summed E-state index contributed by atoms with van der Waals surface area (Å²) in [6, 6.07) is -3.96. The van der Waals surface area contributed by atoms with Crippen LogP contribution in [0.3, 0.4) is 0 Å². The van der Waals surface area contributed by atoms with Gasteiger partial charge in [-0.2, -0.15) is 0 Å². The fourth-order valence-electron chi connectivity index (χ4n) is 1.77. The summed E-state index contributed by atoms with van der Waals surface area (Å²) < 4.78 is 0. The first-order chi connectivity index (χ1) is 16.1. The maximum atomic E-state index is 10.1. The van der Waals surface area contributed by atoms with Crippen LogP contribution in [0.1, 0.15) is 53.4 Å². The second-order valence-electron chi connectivity index (χ2n) is 8.23. The molecule has 0 saturated heterocycles. The third-order valence-electron chi connectivity index (χ3n) is 3.51. The minimum Gasteiger partial charge on any atom is -0.481 e. The van der Waals surface area contributed by atoms with Gasteiger partial charge in [-0.05, 0) is 24.7 Å². The molecule has 0 spiro atoms. The highest BCUT2D eigenvalue weighted by atomic mass is 16.4. The molecule has 0 saturated carbocycles. The molecule has 0 aromatic heterocycles. The van der Waals surface area contributed by atoms with Crippen LogP contribution in [0.5, 0.6) is 0 Å². The Hall–Kier alpha value is -3.34. The lowest BCUT2D eigenvalue weighted by Gasteiger charge is -2.07. The van der Waals surface area contributed by atoms with Gasteiger partial charge in [0.25, 0.3) is 0 Å². The molecule has 0 radical (unpaired) electrons. The molecule has 0 aliphatic carbocycles. The van der Waals surface area contributed by atoms with Crippen molar-refractivity contribution in [1.29, 1.82) is 0 Å². The van der Waals surface area contributed by atoms with E-state index in [1.54, 1.807) is 0 Å². The second kappa shape index (κ2) is 22.1. The molecule has 0 amide bonds. The number of nitrogens with two attached hydrogens (primary N) is 4. The highest BCUT2D eigenvalue weighted by molar-refractivity contribution is 5.80. The van der Waals surface area contributed by atoms with Crippen molar-refractivity contribution in [3.05, 3.63) is 0 Å². The van der Waals surface area contributed by atoms with Gasteiger partial charge in [-0.15, -0.1) is 0 Å². The molecule has 16 heteroatoms. The van der Waals surface area contributed by atoms with Gasteiger partial charge in [-0.3, -0.25) is 28.8 Å². The molecular weight excluding hydrogens is 488 g/mol. The van der Waals surface area contributed by atoms with E-state index in [1.807, 2.05) is 27.7 Å². The van der Waals surface area contributed by atoms with E-state index in [9.17, 15) is 28.8 Å². The molecule has 0 rings (SSSR count). The summed E-state index contributed by atoms with van der Waals surface area (Å²) in [5.41, 5.74) is 20.1. The van der Waals surface area contributed by atoms with E-state index in [1.165, 1.54) is 0 Å². The molecule has 212 valence electrons. The molecule has 0 aliphatic heterocycles. The van der Waals surface area contributed by atoms with Gasteiger partial charge >= 0.3 is 35.8 Å². The number of carbonyl (C=O) groups is 6. The molecule has 4 atom stereocenters. The van der Waals surface area contributed by atoms with Crippen LogP contribution in [-0.2, 0) is 28.8 Å². The fraction of sp³-hybridized carbons (Fsp3) is 0.700. The smallest absolute Gasteiger partial charge is 0.321 e. The van der Waals surface area contributed by atoms with Crippen molar-refractivity contribution in [1.82, 2.24) is 0 Å². The van der Waals surface area contributed by atoms with Gasteiger partial charge < -0.3 is 53.6 Å². The Balaban J connectivity index is -0.000000190. The molecule has 4 unspecified atom stereocenters. The summed E-state index contributed by atoms with van der Waals surface area (Å²) in [6.45, 7) is 7.79. The maximum absolute atomic E-state index is 10.1. The Bertz CT molecular complexity index is 642. The first-order valence-corrected chi connectivity index (χ1v) is 10.5. The maximum Gasteiger partial charge on any atom is 0.321 e. The summed E-state index contributed by atoms with van der Waals surface area (Å²) in [6.07, 6.45) is 0.0370. The zero-order chi connectivity index (χ0) is 29.8. The van der Waals surface area contributed by atoms with Gasteiger partial charge in [0.2, 0.25) is 0 Å². The number of carboxylic acids is 6. The second-order valence-corrected chi connectivity index (χ2v) is 8.23. The van der Waals surface area contributed by atoms with Crippen molar-refractivity contribution < 1.29 is 59.4 Å². The first kappa shape index (κ1) is 39.9. The van der Waals surface area contributed by atoms with Crippen LogP contribution in [0.4, 0.5) is 0 Å². The molecule has 0 aliphatic rings. The Morgan fingerprint density at radius 2 is 0.667 bits per heavy atom. The van der Waals surface area contributed by atoms with E-state index in [-0.39, 0.29) is 0 Å². The Morgan fingerprint density at radius 1 is 0.472 bits per heavy atom. The topological polar surface area (TPSA) is 328 Å². The fourth-order valence-corrected chi connectivity index (χ4v) is 1.77. The van der Waals surface area contributed by atoms with Crippen LogP contribution >= 0.6 is 0 Å². The minimum atomic E-state index is -1.29. The highest BCUT2D eigenvalue weighted by Crippen LogP contribution is 2.02. The molecule has 36 heavy (non-hydrogen) atoms. The minimum absolute atomic E-state index is 0.357. The van der Waals surface area contributed by atoms with Gasteiger partial charge in [-0.1, -0.05) is 27.7 Å². The van der Waals surface area contributed by atoms with E-state index in [4.69, 9.17) is 53.6 Å². The van der Waals surface area contributed by atoms with Crippen molar-refractivity contribution in [3.8, 4) is 0 Å². The number of rotatable bonds is 12. The van der Waals surface area contributed by atoms with E-state index < -0.39 is 72.8 Å². The zero-order valence-electron chi connectivity index (χ0n) is 20.7. The van der Waals surface area contributed by atoms with Crippen LogP contribution in [0.25, 0.3) is 0 Å². The summed E-state index contributed by atoms with van der Waals surface area (Å²) in [7, 11) is 0. The van der Waals surface area contributed by atoms with E-state index in [0.29, 0.717) is 24.7 Å². The van der Waals surface area contributed by atoms with Gasteiger partial charge in [0.05, 0.1) is 12.8 Å². The Labute approximate surface area is 208 Å². The molecule has 0 fully saturated rings. The van der Waals surface area contributed by atoms with Crippen molar-refractivity contribution in [3.63, 3.8) is 0 Å². The van der Waals surface area contributed by atoms with Crippen LogP contribution in [0.2, 0.25) is 0 Å². The Kier molecular flexibility index (Phi) is 24.5. The number of hydrogen-bond acceptors (Lipinski definition) is 10. The molecule has 14 N–H and O–H groups in total. The van der Waals surface area contributed by atoms with E-state index in [2.05, 4.69) is 0 Å². The number of hydrogen-bond donors (Lipinski definition) is 10. The lowest BCUT2D eigenvalue weighted by atomic mass is 10.1. The van der Waals surface area contributed by atoms with Crippen molar-refractivity contribution in [2.45, 2.75) is 77.5 Å². The van der Waals surface area contributed by atoms with Gasteiger partial charge in [0.15, 0.2) is 0 Å². The zero-order valence-corrected chi connectivity index (χ0v) is 20.7. The van der Waals surface area contributed by atoms with Crippen LogP contribution < -0.4 is 22.9 Å². The monoisotopic (exact) mass is 528 g/mol. The van der Waals surface area contributed by atoms with Crippen molar-refractivity contribution in [2.24, 2.45) is 34.8 Å². The van der Waals surface area contributed by atoms with Gasteiger partial charge in [0.1, 0.15) is 24.2 Å². The molecule has 0 aromatic rings. The molecule has 0 aromatic carbocycles. The average Bonchev–Trinajstić information content (AvgIpc) is 2.67. The normalized spacial score (nSPS) is 13.2. The third-order valence-corrected chi connectivity index (χ3v) is 3.51. The largest absolute Gasteiger partial charge is 0.481 e. The predicted molar refractivity (Wildman–Crippen MR) is 126 cm³/mol. The summed E-state index contributed by atoms with van der Waals surface area (Å²) in [4.78, 5) is 59.5. The number of aliphatic carboxylic acids is 6. The molecule has 0 bridgehead atoms. The van der Waals surface area contributed by atoms with Crippen LogP contribution in [0.15, 0.2) is 0 Å². The lowest BCUT2D eigenvalue weighted by Crippen LogP contribution is -2.32. The lowest BCUT2D eigenvalue weighted by molar-refractivity contribution is -0.144. The first-order valence-electron chi connectivity index (χ1n) is 10.5.